The lowest BCUT2D eigenvalue weighted by atomic mass is 9.87. The van der Waals surface area contributed by atoms with E-state index in [1.54, 1.807) is 0 Å². The van der Waals surface area contributed by atoms with E-state index in [9.17, 15) is 0 Å². The van der Waals surface area contributed by atoms with Crippen molar-refractivity contribution < 1.29 is 4.84 Å². The highest BCUT2D eigenvalue weighted by atomic mass is 35.5. The standard InChI is InChI=1S/C10H15NO.ClH/c1-10(2,3)8-4-6-9(12-11)7-5-8;/h4-7H,11H2,1-3H3;1H. The smallest absolute Gasteiger partial charge is 0.146 e. The molecule has 0 spiro atoms. The molecule has 0 aromatic heterocycles. The quantitative estimate of drug-likeness (QED) is 0.710. The summed E-state index contributed by atoms with van der Waals surface area (Å²) in [5, 5.41) is 0. The van der Waals surface area contributed by atoms with Crippen LogP contribution in [-0.2, 0) is 5.41 Å². The molecule has 13 heavy (non-hydrogen) atoms. The summed E-state index contributed by atoms with van der Waals surface area (Å²) < 4.78 is 0. The van der Waals surface area contributed by atoms with Crippen molar-refractivity contribution in [1.29, 1.82) is 0 Å². The van der Waals surface area contributed by atoms with Crippen LogP contribution in [0.1, 0.15) is 26.3 Å². The van der Waals surface area contributed by atoms with Gasteiger partial charge in [0.2, 0.25) is 0 Å². The Bertz CT molecular complexity index is 251. The van der Waals surface area contributed by atoms with Crippen molar-refractivity contribution in [3.8, 4) is 5.75 Å². The van der Waals surface area contributed by atoms with Crippen molar-refractivity contribution in [3.63, 3.8) is 0 Å². The SMILES string of the molecule is CC(C)(C)c1ccc(ON)cc1.Cl. The van der Waals surface area contributed by atoms with Crippen molar-refractivity contribution in [2.24, 2.45) is 5.90 Å². The summed E-state index contributed by atoms with van der Waals surface area (Å²) in [5.41, 5.74) is 1.47. The molecule has 1 aromatic carbocycles. The Labute approximate surface area is 85.5 Å². The molecule has 3 heteroatoms. The topological polar surface area (TPSA) is 35.2 Å². The van der Waals surface area contributed by atoms with Crippen LogP contribution in [0.4, 0.5) is 0 Å². The van der Waals surface area contributed by atoms with Gasteiger partial charge in [-0.25, -0.2) is 0 Å². The van der Waals surface area contributed by atoms with E-state index in [-0.39, 0.29) is 17.8 Å². The molecule has 0 unspecified atom stereocenters. The van der Waals surface area contributed by atoms with Gasteiger partial charge in [-0.2, -0.15) is 5.90 Å². The molecule has 2 N–H and O–H groups in total. The van der Waals surface area contributed by atoms with Gasteiger partial charge in [-0.15, -0.1) is 12.4 Å². The van der Waals surface area contributed by atoms with Crippen molar-refractivity contribution >= 4 is 12.4 Å². The summed E-state index contributed by atoms with van der Waals surface area (Å²) in [4.78, 5) is 4.58. The molecule has 74 valence electrons. The summed E-state index contributed by atoms with van der Waals surface area (Å²) in [7, 11) is 0. The predicted molar refractivity (Wildman–Crippen MR) is 57.2 cm³/mol. The van der Waals surface area contributed by atoms with Gasteiger partial charge in [0.25, 0.3) is 0 Å². The van der Waals surface area contributed by atoms with Gasteiger partial charge < -0.3 is 4.84 Å². The maximum atomic E-state index is 5.01. The Morgan fingerprint density at radius 2 is 1.54 bits per heavy atom. The van der Waals surface area contributed by atoms with Gasteiger partial charge >= 0.3 is 0 Å². The van der Waals surface area contributed by atoms with E-state index in [4.69, 9.17) is 5.90 Å². The van der Waals surface area contributed by atoms with Gasteiger partial charge in [-0.3, -0.25) is 0 Å². The van der Waals surface area contributed by atoms with Crippen LogP contribution in [0.25, 0.3) is 0 Å². The van der Waals surface area contributed by atoms with E-state index in [1.165, 1.54) is 5.56 Å². The van der Waals surface area contributed by atoms with E-state index in [2.05, 4.69) is 25.6 Å². The molecule has 0 aliphatic carbocycles. The highest BCUT2D eigenvalue weighted by molar-refractivity contribution is 5.85. The molecule has 1 rings (SSSR count). The fourth-order valence-corrected chi connectivity index (χ4v) is 1.03. The van der Waals surface area contributed by atoms with Crippen LogP contribution in [-0.4, -0.2) is 0 Å². The lowest BCUT2D eigenvalue weighted by Crippen LogP contribution is -2.11. The molecule has 0 atom stereocenters. The summed E-state index contributed by atoms with van der Waals surface area (Å²) in [6, 6.07) is 7.81. The van der Waals surface area contributed by atoms with Gasteiger partial charge in [0.15, 0.2) is 0 Å². The molecule has 0 bridgehead atoms. The van der Waals surface area contributed by atoms with E-state index in [1.807, 2.05) is 24.3 Å². The zero-order chi connectivity index (χ0) is 9.19. The second-order valence-corrected chi connectivity index (χ2v) is 3.89. The van der Waals surface area contributed by atoms with Crippen LogP contribution in [0.3, 0.4) is 0 Å². The average molecular weight is 202 g/mol. The summed E-state index contributed by atoms with van der Waals surface area (Å²) >= 11 is 0. The van der Waals surface area contributed by atoms with Crippen LogP contribution in [0.15, 0.2) is 24.3 Å². The van der Waals surface area contributed by atoms with Crippen LogP contribution in [0.2, 0.25) is 0 Å². The van der Waals surface area contributed by atoms with E-state index in [0.29, 0.717) is 5.75 Å². The summed E-state index contributed by atoms with van der Waals surface area (Å²) in [6.07, 6.45) is 0. The summed E-state index contributed by atoms with van der Waals surface area (Å²) in [6.45, 7) is 6.52. The first kappa shape index (κ1) is 12.3. The monoisotopic (exact) mass is 201 g/mol. The van der Waals surface area contributed by atoms with Crippen LogP contribution >= 0.6 is 12.4 Å². The molecular formula is C10H16ClNO. The van der Waals surface area contributed by atoms with E-state index in [0.717, 1.165) is 0 Å². The zero-order valence-corrected chi connectivity index (χ0v) is 9.02. The third-order valence-electron chi connectivity index (χ3n) is 1.86. The Morgan fingerprint density at radius 1 is 1.08 bits per heavy atom. The second kappa shape index (κ2) is 4.49. The number of rotatable bonds is 1. The van der Waals surface area contributed by atoms with Gasteiger partial charge in [-0.1, -0.05) is 32.9 Å². The molecule has 0 aliphatic heterocycles. The molecule has 0 radical (unpaired) electrons. The minimum absolute atomic E-state index is 0. The van der Waals surface area contributed by atoms with Gasteiger partial charge in [0.1, 0.15) is 5.75 Å². The lowest BCUT2D eigenvalue weighted by molar-refractivity contribution is 0.334. The van der Waals surface area contributed by atoms with Crippen molar-refractivity contribution in [1.82, 2.24) is 0 Å². The first-order valence-corrected chi connectivity index (χ1v) is 4.01. The Kier molecular flexibility index (Phi) is 4.24. The maximum absolute atomic E-state index is 5.01. The molecule has 0 aliphatic rings. The highest BCUT2D eigenvalue weighted by Gasteiger charge is 2.12. The largest absolute Gasteiger partial charge is 0.412 e. The minimum atomic E-state index is 0. The molecule has 0 amide bonds. The highest BCUT2D eigenvalue weighted by Crippen LogP contribution is 2.23. The first-order chi connectivity index (χ1) is 5.54. The normalized spacial score (nSPS) is 10.5. The van der Waals surface area contributed by atoms with Crippen molar-refractivity contribution in [2.75, 3.05) is 0 Å². The Morgan fingerprint density at radius 3 is 1.85 bits per heavy atom. The third-order valence-corrected chi connectivity index (χ3v) is 1.86. The van der Waals surface area contributed by atoms with Crippen molar-refractivity contribution in [2.45, 2.75) is 26.2 Å². The van der Waals surface area contributed by atoms with Gasteiger partial charge in [0, 0.05) is 0 Å². The molecule has 0 fully saturated rings. The molecule has 2 nitrogen and oxygen atoms in total. The minimum Gasteiger partial charge on any atom is -0.412 e. The molecule has 1 aromatic rings. The average Bonchev–Trinajstić information content (AvgIpc) is 2.03. The first-order valence-electron chi connectivity index (χ1n) is 4.01. The van der Waals surface area contributed by atoms with Crippen LogP contribution < -0.4 is 10.7 Å². The van der Waals surface area contributed by atoms with Gasteiger partial charge in [0.05, 0.1) is 0 Å². The van der Waals surface area contributed by atoms with Gasteiger partial charge in [-0.05, 0) is 23.1 Å². The van der Waals surface area contributed by atoms with Crippen molar-refractivity contribution in [3.05, 3.63) is 29.8 Å². The zero-order valence-electron chi connectivity index (χ0n) is 8.20. The van der Waals surface area contributed by atoms with E-state index < -0.39 is 0 Å². The molecule has 0 heterocycles. The molecular weight excluding hydrogens is 186 g/mol. The molecule has 0 saturated carbocycles. The van der Waals surface area contributed by atoms with E-state index >= 15 is 0 Å². The predicted octanol–water partition coefficient (Wildman–Crippen LogP) is 2.66. The fourth-order valence-electron chi connectivity index (χ4n) is 1.03. The number of nitrogens with two attached hydrogens (primary N) is 1. The lowest BCUT2D eigenvalue weighted by Gasteiger charge is -2.18. The Hall–Kier alpha value is -0.730. The van der Waals surface area contributed by atoms with Crippen LogP contribution in [0.5, 0.6) is 5.75 Å². The number of halogens is 1. The number of hydrogen-bond acceptors (Lipinski definition) is 2. The third kappa shape index (κ3) is 3.25. The fraction of sp³-hybridized carbons (Fsp3) is 0.400. The number of benzene rings is 1. The second-order valence-electron chi connectivity index (χ2n) is 3.89. The molecule has 0 saturated heterocycles. The van der Waals surface area contributed by atoms with Crippen LogP contribution in [0, 0.1) is 0 Å². The maximum Gasteiger partial charge on any atom is 0.146 e. The summed E-state index contributed by atoms with van der Waals surface area (Å²) in [5.74, 6) is 5.71. The Balaban J connectivity index is 0.00000144. The number of hydrogen-bond donors (Lipinski definition) is 1.